The van der Waals surface area contributed by atoms with Gasteiger partial charge in [-0.15, -0.1) is 0 Å². The number of hydrogen-bond donors (Lipinski definition) is 0. The summed E-state index contributed by atoms with van der Waals surface area (Å²) in [5.41, 5.74) is -0.0895. The molecule has 2 unspecified atom stereocenters. The van der Waals surface area contributed by atoms with Crippen LogP contribution in [0.1, 0.15) is 86.5 Å². The van der Waals surface area contributed by atoms with Crippen molar-refractivity contribution in [3.05, 3.63) is 0 Å². The highest BCUT2D eigenvalue weighted by molar-refractivity contribution is 4.76. The molecule has 1 fully saturated rings. The average Bonchev–Trinajstić information content (AvgIpc) is 3.30. The molecule has 23 heavy (non-hydrogen) atoms. The Hall–Kier alpha value is -0.120. The zero-order valence-electron chi connectivity index (χ0n) is 16.5. The molecule has 0 aliphatic carbocycles. The van der Waals surface area contributed by atoms with Gasteiger partial charge in [0, 0.05) is 6.61 Å². The van der Waals surface area contributed by atoms with Crippen LogP contribution in [-0.4, -0.2) is 37.1 Å². The van der Waals surface area contributed by atoms with Gasteiger partial charge in [0.2, 0.25) is 0 Å². The second kappa shape index (κ2) is 10.0. The van der Waals surface area contributed by atoms with E-state index in [1.807, 2.05) is 0 Å². The summed E-state index contributed by atoms with van der Waals surface area (Å²) in [5, 5.41) is 0. The molecule has 1 saturated heterocycles. The SMILES string of the molecule is CCCCC(CC)CC(C)(C)OCCCC(C)(C)OCC1CO1. The Kier molecular flexibility index (Phi) is 9.10. The molecule has 1 aliphatic rings. The molecule has 3 heteroatoms. The zero-order chi connectivity index (χ0) is 17.3. The van der Waals surface area contributed by atoms with Crippen molar-refractivity contribution in [2.75, 3.05) is 19.8 Å². The Balaban J connectivity index is 2.18. The Morgan fingerprint density at radius 1 is 1.04 bits per heavy atom. The minimum absolute atomic E-state index is 0.0126. The third kappa shape index (κ3) is 10.4. The maximum atomic E-state index is 6.19. The molecule has 0 aromatic rings. The summed E-state index contributed by atoms with van der Waals surface area (Å²) < 4.78 is 17.3. The van der Waals surface area contributed by atoms with Crippen LogP contribution >= 0.6 is 0 Å². The van der Waals surface area contributed by atoms with Crippen molar-refractivity contribution in [2.24, 2.45) is 5.92 Å². The summed E-state index contributed by atoms with van der Waals surface area (Å²) in [6.07, 6.45) is 8.82. The lowest BCUT2D eigenvalue weighted by Gasteiger charge is -2.31. The summed E-state index contributed by atoms with van der Waals surface area (Å²) in [6.45, 7) is 15.8. The van der Waals surface area contributed by atoms with Crippen LogP contribution < -0.4 is 0 Å². The van der Waals surface area contributed by atoms with Crippen LogP contribution in [0.3, 0.4) is 0 Å². The molecular weight excluding hydrogens is 288 g/mol. The molecule has 0 N–H and O–H groups in total. The molecule has 3 nitrogen and oxygen atoms in total. The van der Waals surface area contributed by atoms with Crippen LogP contribution in [0.5, 0.6) is 0 Å². The lowest BCUT2D eigenvalue weighted by atomic mass is 9.87. The molecule has 0 aromatic carbocycles. The maximum absolute atomic E-state index is 6.19. The van der Waals surface area contributed by atoms with Crippen LogP contribution in [0.15, 0.2) is 0 Å². The minimum atomic E-state index is -0.0769. The van der Waals surface area contributed by atoms with Crippen LogP contribution in [0, 0.1) is 5.92 Å². The fraction of sp³-hybridized carbons (Fsp3) is 1.00. The highest BCUT2D eigenvalue weighted by atomic mass is 16.6. The van der Waals surface area contributed by atoms with Crippen LogP contribution in [0.4, 0.5) is 0 Å². The highest BCUT2D eigenvalue weighted by Gasteiger charge is 2.28. The molecule has 1 heterocycles. The predicted octanol–water partition coefficient (Wildman–Crippen LogP) is 5.36. The van der Waals surface area contributed by atoms with Gasteiger partial charge in [-0.05, 0) is 52.9 Å². The van der Waals surface area contributed by atoms with E-state index in [9.17, 15) is 0 Å². The Morgan fingerprint density at radius 3 is 2.30 bits per heavy atom. The molecule has 1 aliphatic heterocycles. The Morgan fingerprint density at radius 2 is 1.74 bits per heavy atom. The normalized spacial score (nSPS) is 19.8. The van der Waals surface area contributed by atoms with E-state index < -0.39 is 0 Å². The molecule has 0 spiro atoms. The van der Waals surface area contributed by atoms with Gasteiger partial charge < -0.3 is 14.2 Å². The van der Waals surface area contributed by atoms with Gasteiger partial charge in [0.25, 0.3) is 0 Å². The van der Waals surface area contributed by atoms with Crippen molar-refractivity contribution >= 4 is 0 Å². The summed E-state index contributed by atoms with van der Waals surface area (Å²) in [6, 6.07) is 0. The lowest BCUT2D eigenvalue weighted by molar-refractivity contribution is -0.0585. The Labute approximate surface area is 144 Å². The molecule has 0 saturated carbocycles. The number of rotatable bonds is 14. The third-order valence-electron chi connectivity index (χ3n) is 4.80. The number of hydrogen-bond acceptors (Lipinski definition) is 3. The van der Waals surface area contributed by atoms with Crippen molar-refractivity contribution in [3.63, 3.8) is 0 Å². The van der Waals surface area contributed by atoms with Gasteiger partial charge in [0.1, 0.15) is 6.10 Å². The first-order valence-electron chi connectivity index (χ1n) is 9.67. The maximum Gasteiger partial charge on any atom is 0.104 e. The third-order valence-corrected chi connectivity index (χ3v) is 4.80. The van der Waals surface area contributed by atoms with Gasteiger partial charge >= 0.3 is 0 Å². The van der Waals surface area contributed by atoms with E-state index in [2.05, 4.69) is 41.5 Å². The second-order valence-electron chi connectivity index (χ2n) is 8.36. The van der Waals surface area contributed by atoms with Crippen molar-refractivity contribution in [1.29, 1.82) is 0 Å². The molecule has 0 aromatic heterocycles. The lowest BCUT2D eigenvalue weighted by Crippen LogP contribution is -2.30. The van der Waals surface area contributed by atoms with Gasteiger partial charge in [-0.2, -0.15) is 0 Å². The molecule has 1 rings (SSSR count). The predicted molar refractivity (Wildman–Crippen MR) is 97.0 cm³/mol. The van der Waals surface area contributed by atoms with E-state index >= 15 is 0 Å². The van der Waals surface area contributed by atoms with E-state index in [0.717, 1.165) is 38.6 Å². The van der Waals surface area contributed by atoms with Crippen molar-refractivity contribution in [3.8, 4) is 0 Å². The van der Waals surface area contributed by atoms with E-state index in [1.165, 1.54) is 32.1 Å². The number of epoxide rings is 1. The van der Waals surface area contributed by atoms with Gasteiger partial charge in [-0.1, -0.05) is 39.5 Å². The molecule has 0 radical (unpaired) electrons. The smallest absolute Gasteiger partial charge is 0.104 e. The summed E-state index contributed by atoms with van der Waals surface area (Å²) >= 11 is 0. The summed E-state index contributed by atoms with van der Waals surface area (Å²) in [7, 11) is 0. The van der Waals surface area contributed by atoms with Gasteiger partial charge in [0.05, 0.1) is 24.4 Å². The monoisotopic (exact) mass is 328 g/mol. The number of ether oxygens (including phenoxy) is 3. The Bertz CT molecular complexity index is 308. The standard InChI is InChI=1S/C20H40O3/c1-7-9-11-17(8-2)14-20(5,6)22-13-10-12-19(3,4)23-16-18-15-21-18/h17-18H,7-16H2,1-6H3. The summed E-state index contributed by atoms with van der Waals surface area (Å²) in [5.74, 6) is 0.795. The first-order chi connectivity index (χ1) is 10.8. The van der Waals surface area contributed by atoms with Crippen molar-refractivity contribution < 1.29 is 14.2 Å². The minimum Gasteiger partial charge on any atom is -0.376 e. The quantitative estimate of drug-likeness (QED) is 0.317. The van der Waals surface area contributed by atoms with Crippen LogP contribution in [0.25, 0.3) is 0 Å². The second-order valence-corrected chi connectivity index (χ2v) is 8.36. The summed E-state index contributed by atoms with van der Waals surface area (Å²) in [4.78, 5) is 0. The van der Waals surface area contributed by atoms with Crippen molar-refractivity contribution in [2.45, 2.75) is 104 Å². The van der Waals surface area contributed by atoms with E-state index in [4.69, 9.17) is 14.2 Å². The zero-order valence-corrected chi connectivity index (χ0v) is 16.5. The fourth-order valence-corrected chi connectivity index (χ4v) is 3.10. The highest BCUT2D eigenvalue weighted by Crippen LogP contribution is 2.27. The van der Waals surface area contributed by atoms with Crippen molar-refractivity contribution in [1.82, 2.24) is 0 Å². The largest absolute Gasteiger partial charge is 0.376 e. The molecule has 0 amide bonds. The first-order valence-corrected chi connectivity index (χ1v) is 9.67. The molecular formula is C20H40O3. The number of unbranched alkanes of at least 4 members (excludes halogenated alkanes) is 1. The average molecular weight is 329 g/mol. The molecule has 0 bridgehead atoms. The van der Waals surface area contributed by atoms with Gasteiger partial charge in [0.15, 0.2) is 0 Å². The topological polar surface area (TPSA) is 31.0 Å². The van der Waals surface area contributed by atoms with Crippen LogP contribution in [-0.2, 0) is 14.2 Å². The first kappa shape index (κ1) is 20.9. The van der Waals surface area contributed by atoms with E-state index in [-0.39, 0.29) is 11.2 Å². The van der Waals surface area contributed by atoms with Gasteiger partial charge in [-0.3, -0.25) is 0 Å². The molecule has 2 atom stereocenters. The molecule has 138 valence electrons. The van der Waals surface area contributed by atoms with E-state index in [1.54, 1.807) is 0 Å². The van der Waals surface area contributed by atoms with Gasteiger partial charge in [-0.25, -0.2) is 0 Å². The van der Waals surface area contributed by atoms with E-state index in [0.29, 0.717) is 6.10 Å². The fourth-order valence-electron chi connectivity index (χ4n) is 3.10. The van der Waals surface area contributed by atoms with Crippen LogP contribution in [0.2, 0.25) is 0 Å².